The first-order chi connectivity index (χ1) is 25.1. The highest BCUT2D eigenvalue weighted by Crippen LogP contribution is 2.13. The van der Waals surface area contributed by atoms with Crippen molar-refractivity contribution < 1.29 is 38.2 Å². The van der Waals surface area contributed by atoms with Crippen molar-refractivity contribution in [3.05, 3.63) is 36.5 Å². The number of carbonyl (C=O) groups excluding carboxylic acids is 3. The molecule has 0 aromatic carbocycles. The van der Waals surface area contributed by atoms with Crippen molar-refractivity contribution in [1.82, 2.24) is 0 Å². The van der Waals surface area contributed by atoms with Gasteiger partial charge < -0.3 is 28.6 Å². The Morgan fingerprint density at radius 1 is 0.577 bits per heavy atom. The molecule has 0 saturated heterocycles. The zero-order chi connectivity index (χ0) is 38.5. The summed E-state index contributed by atoms with van der Waals surface area (Å²) < 4.78 is 17.1. The highest BCUT2D eigenvalue weighted by molar-refractivity contribution is 5.70. The lowest BCUT2D eigenvalue weighted by Crippen LogP contribution is -2.55. The number of carboxylic acid groups (broad SMARTS) is 1. The Balaban J connectivity index is 4.40. The van der Waals surface area contributed by atoms with E-state index < -0.39 is 18.1 Å². The van der Waals surface area contributed by atoms with E-state index in [9.17, 15) is 19.5 Å². The van der Waals surface area contributed by atoms with Gasteiger partial charge in [0, 0.05) is 19.3 Å². The van der Waals surface area contributed by atoms with Gasteiger partial charge >= 0.3 is 11.9 Å². The highest BCUT2D eigenvalue weighted by Gasteiger charge is 2.25. The SMILES string of the molecule is CCC/C=C\C/C=C\CCCCCCCC(=O)OC(COCCC(C(=O)[O-])[N+](C)(C)C)COC(=O)CCCCCCC/C=C\CCCCCCCC. The van der Waals surface area contributed by atoms with Crippen molar-refractivity contribution in [2.24, 2.45) is 0 Å². The van der Waals surface area contributed by atoms with Crippen molar-refractivity contribution >= 4 is 17.9 Å². The summed E-state index contributed by atoms with van der Waals surface area (Å²) in [6.07, 6.45) is 38.8. The van der Waals surface area contributed by atoms with Crippen LogP contribution in [0.1, 0.15) is 174 Å². The van der Waals surface area contributed by atoms with Crippen LogP contribution >= 0.6 is 0 Å². The molecule has 0 aliphatic heterocycles. The second kappa shape index (κ2) is 35.6. The van der Waals surface area contributed by atoms with Gasteiger partial charge in [0.05, 0.1) is 40.3 Å². The maximum Gasteiger partial charge on any atom is 0.306 e. The van der Waals surface area contributed by atoms with Crippen LogP contribution in [0.5, 0.6) is 0 Å². The number of hydrogen-bond acceptors (Lipinski definition) is 7. The summed E-state index contributed by atoms with van der Waals surface area (Å²) in [6.45, 7) is 4.56. The van der Waals surface area contributed by atoms with Gasteiger partial charge in [-0.25, -0.2) is 0 Å². The van der Waals surface area contributed by atoms with Crippen molar-refractivity contribution in [3.63, 3.8) is 0 Å². The van der Waals surface area contributed by atoms with E-state index in [-0.39, 0.29) is 42.7 Å². The smallest absolute Gasteiger partial charge is 0.306 e. The maximum absolute atomic E-state index is 12.7. The first kappa shape index (κ1) is 49.6. The number of ether oxygens (including phenoxy) is 3. The van der Waals surface area contributed by atoms with Crippen molar-refractivity contribution in [1.29, 1.82) is 0 Å². The fourth-order valence-electron chi connectivity index (χ4n) is 5.93. The van der Waals surface area contributed by atoms with E-state index >= 15 is 0 Å². The predicted molar refractivity (Wildman–Crippen MR) is 213 cm³/mol. The minimum atomic E-state index is -1.13. The van der Waals surface area contributed by atoms with Crippen LogP contribution in [0.15, 0.2) is 36.5 Å². The Labute approximate surface area is 319 Å². The van der Waals surface area contributed by atoms with E-state index in [1.165, 1.54) is 57.8 Å². The van der Waals surface area contributed by atoms with Crippen LogP contribution in [0, 0.1) is 0 Å². The van der Waals surface area contributed by atoms with Crippen molar-refractivity contribution in [3.8, 4) is 0 Å². The summed E-state index contributed by atoms with van der Waals surface area (Å²) >= 11 is 0. The Morgan fingerprint density at radius 2 is 1.06 bits per heavy atom. The molecule has 2 atom stereocenters. The van der Waals surface area contributed by atoms with Crippen molar-refractivity contribution in [2.75, 3.05) is 41.0 Å². The van der Waals surface area contributed by atoms with Crippen LogP contribution in [-0.4, -0.2) is 75.5 Å². The maximum atomic E-state index is 12.7. The fourth-order valence-corrected chi connectivity index (χ4v) is 5.93. The van der Waals surface area contributed by atoms with Gasteiger partial charge in [0.15, 0.2) is 6.10 Å². The molecule has 302 valence electrons. The molecule has 0 bridgehead atoms. The molecule has 0 saturated carbocycles. The van der Waals surface area contributed by atoms with Gasteiger partial charge in [0.2, 0.25) is 0 Å². The van der Waals surface area contributed by atoms with E-state index in [1.54, 1.807) is 21.1 Å². The molecular formula is C44H79NO7. The number of rotatable bonds is 37. The lowest BCUT2D eigenvalue weighted by molar-refractivity contribution is -0.889. The number of allylic oxidation sites excluding steroid dienone is 6. The Hall–Kier alpha value is -2.45. The third-order valence-corrected chi connectivity index (χ3v) is 9.23. The number of likely N-dealkylation sites (N-methyl/N-ethyl adjacent to an activating group) is 1. The molecule has 8 nitrogen and oxygen atoms in total. The van der Waals surface area contributed by atoms with E-state index in [0.717, 1.165) is 83.5 Å². The Bertz CT molecular complexity index is 953. The molecule has 0 spiro atoms. The number of aliphatic carboxylic acids is 1. The molecule has 0 aromatic rings. The summed E-state index contributed by atoms with van der Waals surface area (Å²) in [6, 6.07) is -0.728. The van der Waals surface area contributed by atoms with E-state index in [4.69, 9.17) is 14.2 Å². The van der Waals surface area contributed by atoms with Crippen molar-refractivity contribution in [2.45, 2.75) is 187 Å². The number of nitrogens with zero attached hydrogens (tertiary/aromatic N) is 1. The molecule has 52 heavy (non-hydrogen) atoms. The molecule has 2 unspecified atom stereocenters. The molecule has 0 aliphatic carbocycles. The normalized spacial score (nSPS) is 13.3. The minimum Gasteiger partial charge on any atom is -0.544 e. The molecule has 0 fully saturated rings. The van der Waals surface area contributed by atoms with E-state index in [2.05, 4.69) is 50.3 Å². The van der Waals surface area contributed by atoms with Gasteiger partial charge in [0.1, 0.15) is 12.6 Å². The monoisotopic (exact) mass is 734 g/mol. The van der Waals surface area contributed by atoms with Gasteiger partial charge in [-0.2, -0.15) is 0 Å². The zero-order valence-electron chi connectivity index (χ0n) is 34.2. The minimum absolute atomic E-state index is 0.0330. The second-order valence-corrected chi connectivity index (χ2v) is 15.2. The number of carboxylic acids is 1. The average molecular weight is 734 g/mol. The largest absolute Gasteiger partial charge is 0.544 e. The number of carbonyl (C=O) groups is 3. The molecular weight excluding hydrogens is 654 g/mol. The number of hydrogen-bond donors (Lipinski definition) is 0. The van der Waals surface area contributed by atoms with Gasteiger partial charge in [-0.3, -0.25) is 9.59 Å². The van der Waals surface area contributed by atoms with E-state index in [0.29, 0.717) is 12.8 Å². The van der Waals surface area contributed by atoms with Crippen LogP contribution in [0.4, 0.5) is 0 Å². The van der Waals surface area contributed by atoms with Crippen LogP contribution in [-0.2, 0) is 28.6 Å². The quantitative estimate of drug-likeness (QED) is 0.0271. The average Bonchev–Trinajstić information content (AvgIpc) is 3.09. The first-order valence-corrected chi connectivity index (χ1v) is 21.0. The molecule has 0 N–H and O–H groups in total. The molecule has 0 radical (unpaired) electrons. The van der Waals surface area contributed by atoms with Gasteiger partial charge in [-0.15, -0.1) is 0 Å². The lowest BCUT2D eigenvalue weighted by atomic mass is 10.1. The Kier molecular flexibility index (Phi) is 33.9. The van der Waals surface area contributed by atoms with E-state index in [1.807, 2.05) is 0 Å². The molecule has 0 rings (SSSR count). The third kappa shape index (κ3) is 33.4. The summed E-state index contributed by atoms with van der Waals surface area (Å²) in [7, 11) is 5.39. The van der Waals surface area contributed by atoms with Gasteiger partial charge in [0.25, 0.3) is 0 Å². The summed E-state index contributed by atoms with van der Waals surface area (Å²) in [5, 5.41) is 11.6. The summed E-state index contributed by atoms with van der Waals surface area (Å²) in [5.74, 6) is -1.76. The zero-order valence-corrected chi connectivity index (χ0v) is 34.2. The molecule has 0 heterocycles. The van der Waals surface area contributed by atoms with Crippen LogP contribution < -0.4 is 5.11 Å². The fraction of sp³-hybridized carbons (Fsp3) is 0.795. The third-order valence-electron chi connectivity index (χ3n) is 9.23. The standard InChI is InChI=1S/C44H79NO7/c1-6-8-10-12-14-16-18-20-21-23-24-26-28-30-32-34-42(46)51-39-40(38-50-37-36-41(44(48)49)45(3,4)5)52-43(47)35-33-31-29-27-25-22-19-17-15-13-11-9-7-2/h11,13,17,19-21,40-41H,6-10,12,14-16,18,22-39H2,1-5H3/b13-11-,19-17-,21-20-. The summed E-state index contributed by atoms with van der Waals surface area (Å²) in [4.78, 5) is 36.7. The molecule has 8 heteroatoms. The lowest BCUT2D eigenvalue weighted by Gasteiger charge is -2.34. The highest BCUT2D eigenvalue weighted by atomic mass is 16.6. The Morgan fingerprint density at radius 3 is 1.58 bits per heavy atom. The van der Waals surface area contributed by atoms with Gasteiger partial charge in [-0.1, -0.05) is 127 Å². The number of quaternary nitrogens is 1. The molecule has 0 aromatic heterocycles. The van der Waals surface area contributed by atoms with Crippen LogP contribution in [0.25, 0.3) is 0 Å². The predicted octanol–water partition coefficient (Wildman–Crippen LogP) is 9.74. The van der Waals surface area contributed by atoms with Crippen LogP contribution in [0.2, 0.25) is 0 Å². The molecule has 0 aliphatic rings. The first-order valence-electron chi connectivity index (χ1n) is 21.0. The topological polar surface area (TPSA) is 102 Å². The number of esters is 2. The summed E-state index contributed by atoms with van der Waals surface area (Å²) in [5.41, 5.74) is 0. The van der Waals surface area contributed by atoms with Crippen LogP contribution in [0.3, 0.4) is 0 Å². The van der Waals surface area contributed by atoms with Gasteiger partial charge in [-0.05, 0) is 64.2 Å². The second-order valence-electron chi connectivity index (χ2n) is 15.2. The number of unbranched alkanes of at least 4 members (excludes halogenated alkanes) is 17. The molecule has 0 amide bonds.